The van der Waals surface area contributed by atoms with Crippen molar-refractivity contribution < 1.29 is 14.7 Å². The molecule has 0 spiro atoms. The summed E-state index contributed by atoms with van der Waals surface area (Å²) in [7, 11) is 0. The molecule has 0 radical (unpaired) electrons. The fourth-order valence-corrected chi connectivity index (χ4v) is 2.49. The molecule has 102 valence electrons. The number of hydrogen-bond acceptors (Lipinski definition) is 3. The molecule has 0 saturated carbocycles. The zero-order valence-electron chi connectivity index (χ0n) is 10.2. The highest BCUT2D eigenvalue weighted by Crippen LogP contribution is 2.23. The van der Waals surface area contributed by atoms with Gasteiger partial charge in [-0.2, -0.15) is 0 Å². The van der Waals surface area contributed by atoms with Crippen molar-refractivity contribution in [2.45, 2.75) is 0 Å². The van der Waals surface area contributed by atoms with Crippen molar-refractivity contribution in [3.63, 3.8) is 0 Å². The number of carbonyl (C=O) groups is 2. The Labute approximate surface area is 124 Å². The quantitative estimate of drug-likeness (QED) is 0.845. The number of aromatic carboxylic acids is 1. The molecule has 1 heterocycles. The van der Waals surface area contributed by atoms with Crippen molar-refractivity contribution >= 4 is 45.9 Å². The van der Waals surface area contributed by atoms with E-state index >= 15 is 0 Å². The third-order valence-electron chi connectivity index (χ3n) is 2.41. The Morgan fingerprint density at radius 1 is 1.30 bits per heavy atom. The van der Waals surface area contributed by atoms with Crippen LogP contribution in [0.1, 0.15) is 15.9 Å². The van der Waals surface area contributed by atoms with Gasteiger partial charge in [-0.25, -0.2) is 4.79 Å². The van der Waals surface area contributed by atoms with Gasteiger partial charge in [-0.05, 0) is 35.2 Å². The lowest BCUT2D eigenvalue weighted by atomic mass is 10.2. The lowest BCUT2D eigenvalue weighted by molar-refractivity contribution is -0.111. The number of carbonyl (C=O) groups excluding carboxylic acids is 1. The minimum atomic E-state index is -1.07. The van der Waals surface area contributed by atoms with E-state index < -0.39 is 11.9 Å². The van der Waals surface area contributed by atoms with Crippen molar-refractivity contribution in [3.8, 4) is 0 Å². The van der Waals surface area contributed by atoms with Gasteiger partial charge in [0.05, 0.1) is 5.56 Å². The lowest BCUT2D eigenvalue weighted by Crippen LogP contribution is -2.09. The summed E-state index contributed by atoms with van der Waals surface area (Å²) in [6.45, 7) is 0. The van der Waals surface area contributed by atoms with E-state index in [0.29, 0.717) is 10.0 Å². The van der Waals surface area contributed by atoms with Crippen LogP contribution in [0.15, 0.2) is 41.8 Å². The van der Waals surface area contributed by atoms with Gasteiger partial charge in [0.15, 0.2) is 0 Å². The van der Waals surface area contributed by atoms with Crippen LogP contribution in [0.5, 0.6) is 0 Å². The first-order chi connectivity index (χ1) is 9.56. The normalized spacial score (nSPS) is 10.7. The molecule has 2 rings (SSSR count). The summed E-state index contributed by atoms with van der Waals surface area (Å²) in [5.41, 5.74) is 0.872. The predicted molar refractivity (Wildman–Crippen MR) is 80.4 cm³/mol. The van der Waals surface area contributed by atoms with Crippen molar-refractivity contribution in [3.05, 3.63) is 57.9 Å². The molecule has 0 aliphatic heterocycles. The molecule has 2 aromatic rings. The summed E-state index contributed by atoms with van der Waals surface area (Å²) in [6, 6.07) is 8.50. The van der Waals surface area contributed by atoms with Gasteiger partial charge in [0.25, 0.3) is 0 Å². The van der Waals surface area contributed by atoms with E-state index in [9.17, 15) is 9.59 Å². The molecule has 0 fully saturated rings. The van der Waals surface area contributed by atoms with E-state index in [1.54, 1.807) is 29.7 Å². The number of nitrogens with one attached hydrogen (secondary N) is 1. The topological polar surface area (TPSA) is 66.4 Å². The van der Waals surface area contributed by atoms with Crippen molar-refractivity contribution in [1.29, 1.82) is 0 Å². The Kier molecular flexibility index (Phi) is 4.55. The van der Waals surface area contributed by atoms with E-state index in [2.05, 4.69) is 5.32 Å². The van der Waals surface area contributed by atoms with E-state index in [1.165, 1.54) is 12.1 Å². The van der Waals surface area contributed by atoms with Crippen molar-refractivity contribution in [1.82, 2.24) is 0 Å². The number of thiophene rings is 1. The molecule has 2 N–H and O–H groups in total. The number of rotatable bonds is 4. The number of benzene rings is 1. The monoisotopic (exact) mass is 307 g/mol. The molecule has 0 aliphatic carbocycles. The average molecular weight is 308 g/mol. The molecular formula is C14H10ClNO3S. The van der Waals surface area contributed by atoms with Crippen LogP contribution in [0.2, 0.25) is 5.02 Å². The van der Waals surface area contributed by atoms with Gasteiger partial charge in [-0.1, -0.05) is 23.7 Å². The molecule has 1 aromatic heterocycles. The highest BCUT2D eigenvalue weighted by atomic mass is 35.5. The second kappa shape index (κ2) is 6.36. The van der Waals surface area contributed by atoms with Gasteiger partial charge in [-0.15, -0.1) is 11.3 Å². The number of carboxylic acid groups (broad SMARTS) is 1. The molecule has 6 heteroatoms. The van der Waals surface area contributed by atoms with Crippen LogP contribution in [-0.4, -0.2) is 17.0 Å². The molecule has 1 aromatic carbocycles. The van der Waals surface area contributed by atoms with Crippen LogP contribution in [0, 0.1) is 0 Å². The van der Waals surface area contributed by atoms with Crippen molar-refractivity contribution in [2.24, 2.45) is 0 Å². The largest absolute Gasteiger partial charge is 0.478 e. The predicted octanol–water partition coefficient (Wildman–Crippen LogP) is 3.75. The Bertz CT molecular complexity index is 679. The SMILES string of the molecule is O=C(/C=C/c1cccc(Cl)c1)Nc1sccc1C(=O)O. The zero-order valence-corrected chi connectivity index (χ0v) is 11.7. The number of amides is 1. The molecule has 0 unspecified atom stereocenters. The van der Waals surface area contributed by atoms with Gasteiger partial charge >= 0.3 is 5.97 Å². The highest BCUT2D eigenvalue weighted by Gasteiger charge is 2.12. The zero-order chi connectivity index (χ0) is 14.5. The Morgan fingerprint density at radius 2 is 2.10 bits per heavy atom. The summed E-state index contributed by atoms with van der Waals surface area (Å²) in [5, 5.41) is 14.0. The maximum atomic E-state index is 11.7. The average Bonchev–Trinajstić information content (AvgIpc) is 2.85. The van der Waals surface area contributed by atoms with E-state index in [-0.39, 0.29) is 5.56 Å². The summed E-state index contributed by atoms with van der Waals surface area (Å²) < 4.78 is 0. The third-order valence-corrected chi connectivity index (χ3v) is 3.47. The van der Waals surface area contributed by atoms with Gasteiger partial charge in [-0.3, -0.25) is 4.79 Å². The minimum absolute atomic E-state index is 0.0829. The highest BCUT2D eigenvalue weighted by molar-refractivity contribution is 7.14. The molecule has 0 atom stereocenters. The third kappa shape index (κ3) is 3.69. The van der Waals surface area contributed by atoms with Crippen LogP contribution >= 0.6 is 22.9 Å². The molecule has 0 bridgehead atoms. The maximum Gasteiger partial charge on any atom is 0.338 e. The second-order valence-electron chi connectivity index (χ2n) is 3.85. The van der Waals surface area contributed by atoms with Crippen LogP contribution in [-0.2, 0) is 4.79 Å². The molecule has 20 heavy (non-hydrogen) atoms. The van der Waals surface area contributed by atoms with Crippen LogP contribution in [0.25, 0.3) is 6.08 Å². The number of carboxylic acids is 1. The molecular weight excluding hydrogens is 298 g/mol. The summed E-state index contributed by atoms with van der Waals surface area (Å²) in [6.07, 6.45) is 2.94. The van der Waals surface area contributed by atoms with Gasteiger partial charge in [0.1, 0.15) is 5.00 Å². The first-order valence-electron chi connectivity index (χ1n) is 5.61. The number of halogens is 1. The minimum Gasteiger partial charge on any atom is -0.478 e. The standard InChI is InChI=1S/C14H10ClNO3S/c15-10-3-1-2-9(8-10)4-5-12(17)16-13-11(14(18)19)6-7-20-13/h1-8H,(H,16,17)(H,18,19)/b5-4+. The Morgan fingerprint density at radius 3 is 2.80 bits per heavy atom. The van der Waals surface area contributed by atoms with E-state index in [0.717, 1.165) is 16.9 Å². The molecule has 0 aliphatic rings. The van der Waals surface area contributed by atoms with Crippen LogP contribution in [0.4, 0.5) is 5.00 Å². The molecule has 4 nitrogen and oxygen atoms in total. The van der Waals surface area contributed by atoms with Crippen LogP contribution in [0.3, 0.4) is 0 Å². The number of anilines is 1. The fraction of sp³-hybridized carbons (Fsp3) is 0. The second-order valence-corrected chi connectivity index (χ2v) is 5.20. The van der Waals surface area contributed by atoms with Gasteiger partial charge in [0.2, 0.25) is 5.91 Å². The fourth-order valence-electron chi connectivity index (χ4n) is 1.51. The first kappa shape index (κ1) is 14.3. The van der Waals surface area contributed by atoms with Crippen molar-refractivity contribution in [2.75, 3.05) is 5.32 Å². The summed E-state index contributed by atoms with van der Waals surface area (Å²) >= 11 is 7.00. The lowest BCUT2D eigenvalue weighted by Gasteiger charge is -2.00. The van der Waals surface area contributed by atoms with Crippen LogP contribution < -0.4 is 5.32 Å². The van der Waals surface area contributed by atoms with Gasteiger partial charge < -0.3 is 10.4 Å². The Balaban J connectivity index is 2.06. The number of hydrogen-bond donors (Lipinski definition) is 2. The smallest absolute Gasteiger partial charge is 0.338 e. The molecule has 1 amide bonds. The van der Waals surface area contributed by atoms with E-state index in [4.69, 9.17) is 16.7 Å². The summed E-state index contributed by atoms with van der Waals surface area (Å²) in [4.78, 5) is 22.6. The maximum absolute atomic E-state index is 11.7. The molecule has 0 saturated heterocycles. The summed E-state index contributed by atoms with van der Waals surface area (Å²) in [5.74, 6) is -1.46. The first-order valence-corrected chi connectivity index (χ1v) is 6.87. The Hall–Kier alpha value is -2.11. The van der Waals surface area contributed by atoms with Gasteiger partial charge in [0, 0.05) is 11.1 Å². The van der Waals surface area contributed by atoms with E-state index in [1.807, 2.05) is 6.07 Å².